The monoisotopic (exact) mass is 545 g/mol. The van der Waals surface area contributed by atoms with Gasteiger partial charge in [-0.25, -0.2) is 18.1 Å². The molecule has 34 heavy (non-hydrogen) atoms. The fraction of sp³-hybridized carbons (Fsp3) is 0.440. The highest BCUT2D eigenvalue weighted by Crippen LogP contribution is 2.30. The molecular formula is C25H32BrN5O2S. The van der Waals surface area contributed by atoms with Gasteiger partial charge in [0.05, 0.1) is 10.4 Å². The zero-order chi connectivity index (χ0) is 24.1. The van der Waals surface area contributed by atoms with Crippen LogP contribution in [-0.4, -0.2) is 45.1 Å². The van der Waals surface area contributed by atoms with Crippen molar-refractivity contribution in [3.63, 3.8) is 0 Å². The smallest absolute Gasteiger partial charge is 0.240 e. The lowest BCUT2D eigenvalue weighted by molar-refractivity contribution is 0.284. The standard InChI is InChI=1S/C25H32BrN5O2S/c1-3-31(2)24-22-6-4-5-7-23(22)29-25(30-24)27-16-18-8-10-19(11-9-18)17-28-34(32,33)21-14-12-20(26)13-15-21/h4-7,12-15,18-19,28H,3,8-11,16-17H2,1-2H3,(H,27,29,30)/t18-,19-. The van der Waals surface area contributed by atoms with Gasteiger partial charge in [-0.1, -0.05) is 28.1 Å². The van der Waals surface area contributed by atoms with Crippen LogP contribution < -0.4 is 14.9 Å². The van der Waals surface area contributed by atoms with Crippen LogP contribution in [0, 0.1) is 11.8 Å². The highest BCUT2D eigenvalue weighted by atomic mass is 79.9. The van der Waals surface area contributed by atoms with E-state index < -0.39 is 10.0 Å². The predicted octanol–water partition coefficient (Wildman–Crippen LogP) is 5.05. The summed E-state index contributed by atoms with van der Waals surface area (Å²) in [7, 11) is -1.42. The fourth-order valence-electron chi connectivity index (χ4n) is 4.38. The number of para-hydroxylation sites is 1. The number of halogens is 1. The number of aromatic nitrogens is 2. The molecule has 1 aliphatic carbocycles. The molecule has 1 fully saturated rings. The summed E-state index contributed by atoms with van der Waals surface area (Å²) in [6, 6.07) is 14.8. The Kier molecular flexibility index (Phi) is 8.06. The van der Waals surface area contributed by atoms with Crippen molar-refractivity contribution in [3.05, 3.63) is 53.0 Å². The molecule has 1 heterocycles. The molecule has 3 aromatic rings. The number of benzene rings is 2. The molecule has 7 nitrogen and oxygen atoms in total. The molecule has 0 unspecified atom stereocenters. The quantitative estimate of drug-likeness (QED) is 0.391. The van der Waals surface area contributed by atoms with Gasteiger partial charge in [-0.15, -0.1) is 0 Å². The van der Waals surface area contributed by atoms with E-state index in [9.17, 15) is 8.42 Å². The average molecular weight is 547 g/mol. The Bertz CT molecular complexity index is 1210. The Morgan fingerprint density at radius 3 is 2.29 bits per heavy atom. The van der Waals surface area contributed by atoms with Gasteiger partial charge in [0.25, 0.3) is 0 Å². The summed E-state index contributed by atoms with van der Waals surface area (Å²) in [6.45, 7) is 4.29. The molecule has 2 N–H and O–H groups in total. The van der Waals surface area contributed by atoms with Crippen molar-refractivity contribution in [3.8, 4) is 0 Å². The van der Waals surface area contributed by atoms with Crippen LogP contribution in [0.1, 0.15) is 32.6 Å². The Morgan fingerprint density at radius 1 is 0.971 bits per heavy atom. The van der Waals surface area contributed by atoms with Gasteiger partial charge in [0.15, 0.2) is 0 Å². The van der Waals surface area contributed by atoms with Crippen LogP contribution in [0.15, 0.2) is 57.9 Å². The van der Waals surface area contributed by atoms with Crippen molar-refractivity contribution in [2.45, 2.75) is 37.5 Å². The van der Waals surface area contributed by atoms with Crippen molar-refractivity contribution >= 4 is 48.6 Å². The number of fused-ring (bicyclic) bond motifs is 1. The normalized spacial score (nSPS) is 18.7. The Morgan fingerprint density at radius 2 is 1.62 bits per heavy atom. The molecule has 0 bridgehead atoms. The first-order valence-electron chi connectivity index (χ1n) is 11.8. The van der Waals surface area contributed by atoms with E-state index >= 15 is 0 Å². The molecule has 2 aromatic carbocycles. The van der Waals surface area contributed by atoms with Crippen molar-refractivity contribution in [2.24, 2.45) is 11.8 Å². The molecular weight excluding hydrogens is 514 g/mol. The number of nitrogens with zero attached hydrogens (tertiary/aromatic N) is 3. The molecule has 1 aliphatic rings. The van der Waals surface area contributed by atoms with Crippen LogP contribution in [-0.2, 0) is 10.0 Å². The predicted molar refractivity (Wildman–Crippen MR) is 142 cm³/mol. The highest BCUT2D eigenvalue weighted by Gasteiger charge is 2.23. The summed E-state index contributed by atoms with van der Waals surface area (Å²) < 4.78 is 28.7. The summed E-state index contributed by atoms with van der Waals surface area (Å²) in [5.41, 5.74) is 0.942. The number of nitrogens with one attached hydrogen (secondary N) is 2. The maximum atomic E-state index is 12.5. The van der Waals surface area contributed by atoms with Crippen molar-refractivity contribution < 1.29 is 8.42 Å². The molecule has 0 spiro atoms. The van der Waals surface area contributed by atoms with Gasteiger partial charge in [0.1, 0.15) is 5.82 Å². The number of rotatable bonds is 9. The van der Waals surface area contributed by atoms with E-state index in [0.29, 0.717) is 29.2 Å². The van der Waals surface area contributed by atoms with Crippen LogP contribution in [0.2, 0.25) is 0 Å². The second kappa shape index (κ2) is 11.0. The van der Waals surface area contributed by atoms with Gasteiger partial charge in [-0.2, -0.15) is 4.98 Å². The largest absolute Gasteiger partial charge is 0.359 e. The SMILES string of the molecule is CCN(C)c1nc(NC[C@H]2CC[C@H](CNS(=O)(=O)c3ccc(Br)cc3)CC2)nc2ccccc12. The summed E-state index contributed by atoms with van der Waals surface area (Å²) in [5.74, 6) is 2.50. The number of hydrogen-bond donors (Lipinski definition) is 2. The van der Waals surface area contributed by atoms with E-state index in [2.05, 4.69) is 43.9 Å². The maximum absolute atomic E-state index is 12.5. The first kappa shape index (κ1) is 24.9. The highest BCUT2D eigenvalue weighted by molar-refractivity contribution is 9.10. The van der Waals surface area contributed by atoms with E-state index in [4.69, 9.17) is 9.97 Å². The molecule has 0 amide bonds. The molecule has 0 saturated heterocycles. The number of hydrogen-bond acceptors (Lipinski definition) is 6. The van der Waals surface area contributed by atoms with E-state index in [1.165, 1.54) is 0 Å². The van der Waals surface area contributed by atoms with Gasteiger partial charge in [0, 0.05) is 36.5 Å². The minimum Gasteiger partial charge on any atom is -0.359 e. The summed E-state index contributed by atoms with van der Waals surface area (Å²) in [6.07, 6.45) is 4.15. The molecule has 1 aromatic heterocycles. The minimum atomic E-state index is -3.47. The summed E-state index contributed by atoms with van der Waals surface area (Å²) >= 11 is 3.34. The average Bonchev–Trinajstić information content (AvgIpc) is 2.86. The Balaban J connectivity index is 1.29. The van der Waals surface area contributed by atoms with Crippen LogP contribution in [0.3, 0.4) is 0 Å². The lowest BCUT2D eigenvalue weighted by atomic mass is 9.82. The summed E-state index contributed by atoms with van der Waals surface area (Å²) in [4.78, 5) is 11.9. The zero-order valence-electron chi connectivity index (χ0n) is 19.7. The van der Waals surface area contributed by atoms with Gasteiger partial charge < -0.3 is 10.2 Å². The summed E-state index contributed by atoms with van der Waals surface area (Å²) in [5, 5.41) is 4.52. The maximum Gasteiger partial charge on any atom is 0.240 e. The van der Waals surface area contributed by atoms with Crippen LogP contribution >= 0.6 is 15.9 Å². The van der Waals surface area contributed by atoms with Crippen LogP contribution in [0.5, 0.6) is 0 Å². The molecule has 0 atom stereocenters. The van der Waals surface area contributed by atoms with Gasteiger partial charge in [-0.3, -0.25) is 0 Å². The van der Waals surface area contributed by atoms with Crippen molar-refractivity contribution in [2.75, 3.05) is 36.9 Å². The van der Waals surface area contributed by atoms with E-state index in [1.807, 2.05) is 25.2 Å². The molecule has 182 valence electrons. The van der Waals surface area contributed by atoms with Crippen LogP contribution in [0.25, 0.3) is 10.9 Å². The topological polar surface area (TPSA) is 87.2 Å². The first-order valence-corrected chi connectivity index (χ1v) is 14.1. The second-order valence-corrected chi connectivity index (χ2v) is 11.7. The fourth-order valence-corrected chi connectivity index (χ4v) is 5.76. The lowest BCUT2D eigenvalue weighted by Crippen LogP contribution is -2.32. The Hall–Kier alpha value is -2.23. The van der Waals surface area contributed by atoms with Crippen molar-refractivity contribution in [1.29, 1.82) is 0 Å². The number of sulfonamides is 1. The third kappa shape index (κ3) is 6.06. The molecule has 9 heteroatoms. The third-order valence-electron chi connectivity index (χ3n) is 6.62. The number of anilines is 2. The van der Waals surface area contributed by atoms with Crippen LogP contribution in [0.4, 0.5) is 11.8 Å². The molecule has 0 radical (unpaired) electrons. The van der Waals surface area contributed by atoms with Gasteiger partial charge in [-0.05, 0) is 80.8 Å². The second-order valence-electron chi connectivity index (χ2n) is 8.98. The van der Waals surface area contributed by atoms with Gasteiger partial charge >= 0.3 is 0 Å². The zero-order valence-corrected chi connectivity index (χ0v) is 22.1. The third-order valence-corrected chi connectivity index (χ3v) is 8.59. The minimum absolute atomic E-state index is 0.303. The molecule has 1 saturated carbocycles. The molecule has 0 aliphatic heterocycles. The lowest BCUT2D eigenvalue weighted by Gasteiger charge is -2.29. The molecule has 4 rings (SSSR count). The van der Waals surface area contributed by atoms with E-state index in [0.717, 1.165) is 60.0 Å². The first-order chi connectivity index (χ1) is 16.4. The van der Waals surface area contributed by atoms with Gasteiger partial charge in [0.2, 0.25) is 16.0 Å². The Labute approximate surface area is 210 Å². The van der Waals surface area contributed by atoms with E-state index in [1.54, 1.807) is 24.3 Å². The van der Waals surface area contributed by atoms with E-state index in [-0.39, 0.29) is 0 Å². The van der Waals surface area contributed by atoms with Crippen molar-refractivity contribution in [1.82, 2.24) is 14.7 Å².